The van der Waals surface area contributed by atoms with Crippen LogP contribution in [0, 0.1) is 11.6 Å². The van der Waals surface area contributed by atoms with Crippen molar-refractivity contribution in [2.24, 2.45) is 0 Å². The van der Waals surface area contributed by atoms with Crippen LogP contribution < -0.4 is 10.6 Å². The number of nitrogens with one attached hydrogen (secondary N) is 2. The molecule has 0 atom stereocenters. The highest BCUT2D eigenvalue weighted by Crippen LogP contribution is 2.21. The van der Waals surface area contributed by atoms with Crippen molar-refractivity contribution < 1.29 is 8.78 Å². The monoisotopic (exact) mass is 460 g/mol. The average Bonchev–Trinajstić information content (AvgIpc) is 2.67. The maximum absolute atomic E-state index is 13.3. The summed E-state index contributed by atoms with van der Waals surface area (Å²) < 4.78 is 26.5. The summed E-state index contributed by atoms with van der Waals surface area (Å²) in [6.07, 6.45) is 0. The van der Waals surface area contributed by atoms with Gasteiger partial charge in [-0.1, -0.05) is 23.2 Å². The Bertz CT molecular complexity index is 832. The van der Waals surface area contributed by atoms with Gasteiger partial charge in [-0.15, -0.1) is 0 Å². The van der Waals surface area contributed by atoms with E-state index in [1.807, 2.05) is 9.80 Å². The first-order valence-electron chi connectivity index (χ1n) is 8.35. The molecule has 2 aromatic carbocycles. The van der Waals surface area contributed by atoms with Crippen LogP contribution in [0.15, 0.2) is 36.4 Å². The van der Waals surface area contributed by atoms with Gasteiger partial charge in [0.2, 0.25) is 0 Å². The highest BCUT2D eigenvalue weighted by Gasteiger charge is 2.21. The van der Waals surface area contributed by atoms with Crippen LogP contribution in [0.3, 0.4) is 0 Å². The number of benzene rings is 2. The lowest BCUT2D eigenvalue weighted by Gasteiger charge is -2.37. The Morgan fingerprint density at radius 3 is 1.43 bits per heavy atom. The maximum atomic E-state index is 13.3. The predicted molar refractivity (Wildman–Crippen MR) is 118 cm³/mol. The molecule has 0 saturated carbocycles. The average molecular weight is 461 g/mol. The van der Waals surface area contributed by atoms with Crippen LogP contribution in [0.4, 0.5) is 20.2 Å². The van der Waals surface area contributed by atoms with E-state index in [0.717, 1.165) is 0 Å². The van der Waals surface area contributed by atoms with Gasteiger partial charge in [0.15, 0.2) is 10.2 Å². The molecule has 4 nitrogen and oxygen atoms in total. The van der Waals surface area contributed by atoms with Gasteiger partial charge in [-0.3, -0.25) is 0 Å². The Morgan fingerprint density at radius 1 is 0.750 bits per heavy atom. The molecule has 148 valence electrons. The molecule has 0 radical (unpaired) electrons. The fourth-order valence-electron chi connectivity index (χ4n) is 2.67. The van der Waals surface area contributed by atoms with Crippen molar-refractivity contribution in [1.82, 2.24) is 9.80 Å². The number of nitrogens with zero attached hydrogens (tertiary/aromatic N) is 2. The highest BCUT2D eigenvalue weighted by atomic mass is 35.5. The summed E-state index contributed by atoms with van der Waals surface area (Å²) in [5, 5.41) is 7.27. The van der Waals surface area contributed by atoms with E-state index in [1.54, 1.807) is 12.1 Å². The van der Waals surface area contributed by atoms with Crippen LogP contribution in [0.25, 0.3) is 0 Å². The largest absolute Gasteiger partial charge is 0.345 e. The zero-order valence-electron chi connectivity index (χ0n) is 14.5. The van der Waals surface area contributed by atoms with Crippen molar-refractivity contribution in [2.75, 3.05) is 36.8 Å². The lowest BCUT2D eigenvalue weighted by molar-refractivity contribution is 0.264. The van der Waals surface area contributed by atoms with E-state index >= 15 is 0 Å². The Kier molecular flexibility index (Phi) is 6.87. The molecular weight excluding hydrogens is 445 g/mol. The number of thiocarbonyl (C=S) groups is 2. The topological polar surface area (TPSA) is 30.5 Å². The van der Waals surface area contributed by atoms with E-state index in [1.165, 1.54) is 24.3 Å². The normalized spacial score (nSPS) is 14.0. The van der Waals surface area contributed by atoms with Crippen LogP contribution >= 0.6 is 47.6 Å². The Balaban J connectivity index is 1.51. The molecule has 1 fully saturated rings. The molecule has 0 amide bonds. The van der Waals surface area contributed by atoms with E-state index in [-0.39, 0.29) is 10.0 Å². The zero-order valence-corrected chi connectivity index (χ0v) is 17.7. The van der Waals surface area contributed by atoms with E-state index < -0.39 is 11.6 Å². The minimum atomic E-state index is -0.477. The summed E-state index contributed by atoms with van der Waals surface area (Å²) in [5.41, 5.74) is 1.26. The number of halogens is 4. The SMILES string of the molecule is Fc1ccc(NC(=S)N2CCN(C(=S)Nc3ccc(F)c(Cl)c3)CC2)cc1Cl. The number of hydrogen-bond donors (Lipinski definition) is 2. The van der Waals surface area contributed by atoms with E-state index in [4.69, 9.17) is 47.6 Å². The van der Waals surface area contributed by atoms with Crippen molar-refractivity contribution in [2.45, 2.75) is 0 Å². The second kappa shape index (κ2) is 9.17. The molecular formula is C18H16Cl2F2N4S2. The van der Waals surface area contributed by atoms with Gasteiger partial charge in [-0.25, -0.2) is 8.78 Å². The number of rotatable bonds is 2. The number of hydrogen-bond acceptors (Lipinski definition) is 2. The molecule has 1 saturated heterocycles. The molecule has 1 aliphatic rings. The highest BCUT2D eigenvalue weighted by molar-refractivity contribution is 7.80. The molecule has 0 bridgehead atoms. The first-order chi connectivity index (χ1) is 13.3. The molecule has 1 heterocycles. The molecule has 2 N–H and O–H groups in total. The predicted octanol–water partition coefficient (Wildman–Crippen LogP) is 4.98. The molecule has 2 aromatic rings. The van der Waals surface area contributed by atoms with Gasteiger partial charge in [0.1, 0.15) is 11.6 Å². The Labute approximate surface area is 182 Å². The Morgan fingerprint density at radius 2 is 1.11 bits per heavy atom. The lowest BCUT2D eigenvalue weighted by Crippen LogP contribution is -2.52. The van der Waals surface area contributed by atoms with Crippen LogP contribution in [-0.4, -0.2) is 46.2 Å². The third kappa shape index (κ3) is 5.20. The van der Waals surface area contributed by atoms with Crippen LogP contribution in [0.1, 0.15) is 0 Å². The summed E-state index contributed by atoms with van der Waals surface area (Å²) in [4.78, 5) is 4.00. The number of anilines is 2. The van der Waals surface area contributed by atoms with E-state index in [9.17, 15) is 8.78 Å². The summed E-state index contributed by atoms with van der Waals surface area (Å²) >= 11 is 22.4. The maximum Gasteiger partial charge on any atom is 0.173 e. The molecule has 0 unspecified atom stereocenters. The molecule has 1 aliphatic heterocycles. The van der Waals surface area contributed by atoms with Crippen molar-refractivity contribution >= 4 is 69.2 Å². The van der Waals surface area contributed by atoms with Gasteiger partial charge in [0.25, 0.3) is 0 Å². The smallest absolute Gasteiger partial charge is 0.173 e. The van der Waals surface area contributed by atoms with E-state index in [0.29, 0.717) is 47.8 Å². The summed E-state index contributed by atoms with van der Waals surface area (Å²) in [6.45, 7) is 2.64. The molecule has 0 aliphatic carbocycles. The van der Waals surface area contributed by atoms with Gasteiger partial charge in [0.05, 0.1) is 10.0 Å². The number of piperazine rings is 1. The zero-order chi connectivity index (χ0) is 20.3. The first-order valence-corrected chi connectivity index (χ1v) is 9.92. The molecule has 10 heteroatoms. The van der Waals surface area contributed by atoms with Gasteiger partial charge < -0.3 is 20.4 Å². The standard InChI is InChI=1S/C18H16Cl2F2N4S2/c19-13-9-11(1-3-15(13)21)23-17(27)25-5-7-26(8-6-25)18(28)24-12-2-4-16(22)14(20)10-12/h1-4,9-10H,5-8H2,(H,23,27)(H,24,28). The fraction of sp³-hybridized carbons (Fsp3) is 0.222. The molecule has 28 heavy (non-hydrogen) atoms. The summed E-state index contributed by atoms with van der Waals surface area (Å²) in [6, 6.07) is 8.72. The van der Waals surface area contributed by atoms with Crippen LogP contribution in [0.5, 0.6) is 0 Å². The van der Waals surface area contributed by atoms with Gasteiger partial charge in [-0.05, 0) is 60.8 Å². The third-order valence-electron chi connectivity index (χ3n) is 4.20. The minimum absolute atomic E-state index is 0.0370. The Hall–Kier alpha value is -1.74. The molecule has 0 aromatic heterocycles. The van der Waals surface area contributed by atoms with Crippen LogP contribution in [0.2, 0.25) is 10.0 Å². The van der Waals surface area contributed by atoms with Gasteiger partial charge in [-0.2, -0.15) is 0 Å². The minimum Gasteiger partial charge on any atom is -0.345 e. The van der Waals surface area contributed by atoms with Crippen molar-refractivity contribution in [1.29, 1.82) is 0 Å². The second-order valence-electron chi connectivity index (χ2n) is 6.09. The van der Waals surface area contributed by atoms with Gasteiger partial charge in [0, 0.05) is 37.6 Å². The molecule has 3 rings (SSSR count). The molecule has 0 spiro atoms. The van der Waals surface area contributed by atoms with Crippen LogP contribution in [-0.2, 0) is 0 Å². The quantitative estimate of drug-likeness (QED) is 0.614. The van der Waals surface area contributed by atoms with Crippen molar-refractivity contribution in [3.8, 4) is 0 Å². The third-order valence-corrected chi connectivity index (χ3v) is 5.50. The van der Waals surface area contributed by atoms with E-state index in [2.05, 4.69) is 10.6 Å². The second-order valence-corrected chi connectivity index (χ2v) is 7.68. The van der Waals surface area contributed by atoms with Crippen molar-refractivity contribution in [3.63, 3.8) is 0 Å². The first kappa shape index (κ1) is 21.0. The van der Waals surface area contributed by atoms with Crippen molar-refractivity contribution in [3.05, 3.63) is 58.1 Å². The lowest BCUT2D eigenvalue weighted by atomic mass is 10.3. The summed E-state index contributed by atoms with van der Waals surface area (Å²) in [5.74, 6) is -0.953. The summed E-state index contributed by atoms with van der Waals surface area (Å²) in [7, 11) is 0. The van der Waals surface area contributed by atoms with Gasteiger partial charge >= 0.3 is 0 Å². The fourth-order valence-corrected chi connectivity index (χ4v) is 3.63.